The Morgan fingerprint density at radius 3 is 3.10 bits per heavy atom. The maximum absolute atomic E-state index is 12.3. The van der Waals surface area contributed by atoms with Crippen LogP contribution in [-0.4, -0.2) is 28.0 Å². The molecule has 0 radical (unpaired) electrons. The minimum Gasteiger partial charge on any atom is -0.347 e. The first-order valence-corrected chi connectivity index (χ1v) is 7.53. The standard InChI is InChI=1S/C15H19N5O/c21-15(14-9-4-3-7-10(9)19-20-14)16-8-13-17-11-5-1-2-6-12(11)18-13/h1-2,5-6,9-10,14,19-20H,3-4,7-8H2,(H,16,21)(H,17,18). The predicted molar refractivity (Wildman–Crippen MR) is 79.1 cm³/mol. The molecule has 0 spiro atoms. The van der Waals surface area contributed by atoms with E-state index in [0.29, 0.717) is 18.5 Å². The van der Waals surface area contributed by atoms with Crippen LogP contribution in [0, 0.1) is 5.92 Å². The fourth-order valence-electron chi connectivity index (χ4n) is 3.50. The molecule has 2 heterocycles. The lowest BCUT2D eigenvalue weighted by atomic mass is 9.97. The molecule has 4 N–H and O–H groups in total. The highest BCUT2D eigenvalue weighted by atomic mass is 16.2. The van der Waals surface area contributed by atoms with Crippen LogP contribution in [0.2, 0.25) is 0 Å². The summed E-state index contributed by atoms with van der Waals surface area (Å²) >= 11 is 0. The molecule has 2 fully saturated rings. The van der Waals surface area contributed by atoms with Gasteiger partial charge in [-0.3, -0.25) is 10.2 Å². The second-order valence-corrected chi connectivity index (χ2v) is 5.89. The molecule has 1 aliphatic carbocycles. The summed E-state index contributed by atoms with van der Waals surface area (Å²) in [6.45, 7) is 0.434. The molecule has 1 saturated heterocycles. The molecule has 3 unspecified atom stereocenters. The SMILES string of the molecule is O=C(NCc1nc2ccccc2[nH]1)C1NNC2CCCC21. The minimum absolute atomic E-state index is 0.0531. The number of para-hydroxylation sites is 2. The molecular formula is C15H19N5O. The summed E-state index contributed by atoms with van der Waals surface area (Å²) in [4.78, 5) is 20.0. The maximum Gasteiger partial charge on any atom is 0.239 e. The number of imidazole rings is 1. The van der Waals surface area contributed by atoms with Gasteiger partial charge in [0.25, 0.3) is 0 Å². The van der Waals surface area contributed by atoms with Crippen molar-refractivity contribution in [2.45, 2.75) is 37.9 Å². The molecule has 1 saturated carbocycles. The van der Waals surface area contributed by atoms with Gasteiger partial charge in [-0.2, -0.15) is 0 Å². The molecule has 1 aliphatic heterocycles. The van der Waals surface area contributed by atoms with Crippen molar-refractivity contribution in [3.8, 4) is 0 Å². The fourth-order valence-corrected chi connectivity index (χ4v) is 3.50. The number of fused-ring (bicyclic) bond motifs is 2. The van der Waals surface area contributed by atoms with E-state index in [2.05, 4.69) is 26.1 Å². The summed E-state index contributed by atoms with van der Waals surface area (Å²) in [7, 11) is 0. The van der Waals surface area contributed by atoms with Crippen LogP contribution in [-0.2, 0) is 11.3 Å². The van der Waals surface area contributed by atoms with Gasteiger partial charge in [0.1, 0.15) is 11.9 Å². The number of H-pyrrole nitrogens is 1. The van der Waals surface area contributed by atoms with Crippen molar-refractivity contribution in [3.05, 3.63) is 30.1 Å². The highest BCUT2D eigenvalue weighted by molar-refractivity contribution is 5.82. The molecule has 6 nitrogen and oxygen atoms in total. The van der Waals surface area contributed by atoms with Gasteiger partial charge in [0, 0.05) is 12.0 Å². The molecule has 3 atom stereocenters. The number of amides is 1. The predicted octanol–water partition coefficient (Wildman–Crippen LogP) is 0.824. The summed E-state index contributed by atoms with van der Waals surface area (Å²) in [5.41, 5.74) is 8.29. The molecule has 21 heavy (non-hydrogen) atoms. The molecule has 2 aliphatic rings. The Labute approximate surface area is 122 Å². The molecule has 0 bridgehead atoms. The molecule has 1 aromatic heterocycles. The maximum atomic E-state index is 12.3. The van der Waals surface area contributed by atoms with E-state index in [1.54, 1.807) is 0 Å². The van der Waals surface area contributed by atoms with Crippen LogP contribution in [0.15, 0.2) is 24.3 Å². The van der Waals surface area contributed by atoms with E-state index >= 15 is 0 Å². The zero-order valence-electron chi connectivity index (χ0n) is 11.7. The van der Waals surface area contributed by atoms with Gasteiger partial charge in [0.05, 0.1) is 17.6 Å². The summed E-state index contributed by atoms with van der Waals surface area (Å²) in [6, 6.07) is 8.20. The van der Waals surface area contributed by atoms with E-state index in [1.165, 1.54) is 6.42 Å². The summed E-state index contributed by atoms with van der Waals surface area (Å²) in [5.74, 6) is 1.26. The third kappa shape index (κ3) is 2.30. The molecule has 6 heteroatoms. The van der Waals surface area contributed by atoms with E-state index < -0.39 is 0 Å². The molecule has 4 rings (SSSR count). The van der Waals surface area contributed by atoms with Gasteiger partial charge in [-0.1, -0.05) is 18.6 Å². The lowest BCUT2D eigenvalue weighted by Crippen LogP contribution is -2.45. The average molecular weight is 285 g/mol. The topological polar surface area (TPSA) is 81.8 Å². The van der Waals surface area contributed by atoms with Crippen molar-refractivity contribution < 1.29 is 4.79 Å². The Hall–Kier alpha value is -1.92. The second kappa shape index (κ2) is 5.13. The smallest absolute Gasteiger partial charge is 0.239 e. The lowest BCUT2D eigenvalue weighted by Gasteiger charge is -2.15. The number of carbonyl (C=O) groups is 1. The van der Waals surface area contributed by atoms with Gasteiger partial charge < -0.3 is 10.3 Å². The van der Waals surface area contributed by atoms with Crippen LogP contribution >= 0.6 is 0 Å². The van der Waals surface area contributed by atoms with Crippen molar-refractivity contribution in [1.29, 1.82) is 0 Å². The van der Waals surface area contributed by atoms with Gasteiger partial charge >= 0.3 is 0 Å². The highest BCUT2D eigenvalue weighted by Crippen LogP contribution is 2.31. The number of benzene rings is 1. The number of hydrogen-bond donors (Lipinski definition) is 4. The van der Waals surface area contributed by atoms with Crippen LogP contribution in [0.25, 0.3) is 11.0 Å². The van der Waals surface area contributed by atoms with Crippen molar-refractivity contribution in [2.75, 3.05) is 0 Å². The van der Waals surface area contributed by atoms with Crippen molar-refractivity contribution >= 4 is 16.9 Å². The van der Waals surface area contributed by atoms with Gasteiger partial charge in [-0.25, -0.2) is 10.4 Å². The number of rotatable bonds is 3. The number of nitrogens with zero attached hydrogens (tertiary/aromatic N) is 1. The Morgan fingerprint density at radius 1 is 1.29 bits per heavy atom. The van der Waals surface area contributed by atoms with Crippen molar-refractivity contribution in [2.24, 2.45) is 5.92 Å². The van der Waals surface area contributed by atoms with E-state index in [1.807, 2.05) is 24.3 Å². The number of aromatic amines is 1. The highest BCUT2D eigenvalue weighted by Gasteiger charge is 2.42. The van der Waals surface area contributed by atoms with Crippen LogP contribution < -0.4 is 16.2 Å². The third-order valence-corrected chi connectivity index (χ3v) is 4.57. The number of hydrazine groups is 1. The van der Waals surface area contributed by atoms with Gasteiger partial charge in [0.15, 0.2) is 0 Å². The lowest BCUT2D eigenvalue weighted by molar-refractivity contribution is -0.124. The summed E-state index contributed by atoms with van der Waals surface area (Å²) in [6.07, 6.45) is 3.48. The van der Waals surface area contributed by atoms with Crippen LogP contribution in [0.4, 0.5) is 0 Å². The first-order chi connectivity index (χ1) is 10.3. The molecule has 110 valence electrons. The number of hydrogen-bond acceptors (Lipinski definition) is 4. The Balaban J connectivity index is 1.41. The minimum atomic E-state index is -0.123. The Kier molecular flexibility index (Phi) is 3.12. The van der Waals surface area contributed by atoms with Crippen LogP contribution in [0.1, 0.15) is 25.1 Å². The van der Waals surface area contributed by atoms with Crippen LogP contribution in [0.3, 0.4) is 0 Å². The summed E-state index contributed by atoms with van der Waals surface area (Å²) in [5, 5.41) is 2.98. The van der Waals surface area contributed by atoms with Gasteiger partial charge in [-0.15, -0.1) is 0 Å². The number of carbonyl (C=O) groups excluding carboxylic acids is 1. The first-order valence-electron chi connectivity index (χ1n) is 7.53. The Morgan fingerprint density at radius 2 is 2.19 bits per heavy atom. The quantitative estimate of drug-likeness (QED) is 0.673. The third-order valence-electron chi connectivity index (χ3n) is 4.57. The zero-order chi connectivity index (χ0) is 14.2. The van der Waals surface area contributed by atoms with E-state index in [9.17, 15) is 4.79 Å². The van der Waals surface area contributed by atoms with Crippen molar-refractivity contribution in [1.82, 2.24) is 26.1 Å². The first kappa shape index (κ1) is 12.8. The van der Waals surface area contributed by atoms with Crippen molar-refractivity contribution in [3.63, 3.8) is 0 Å². The summed E-state index contributed by atoms with van der Waals surface area (Å²) < 4.78 is 0. The fraction of sp³-hybridized carbons (Fsp3) is 0.467. The Bertz CT molecular complexity index is 634. The normalized spacial score (nSPS) is 27.9. The number of aromatic nitrogens is 2. The molecular weight excluding hydrogens is 266 g/mol. The average Bonchev–Trinajstić information content (AvgIpc) is 3.18. The van der Waals surface area contributed by atoms with Gasteiger partial charge in [-0.05, 0) is 25.0 Å². The van der Waals surface area contributed by atoms with E-state index in [0.717, 1.165) is 29.7 Å². The monoisotopic (exact) mass is 285 g/mol. The molecule has 1 aromatic carbocycles. The number of nitrogens with one attached hydrogen (secondary N) is 4. The zero-order valence-corrected chi connectivity index (χ0v) is 11.7. The van der Waals surface area contributed by atoms with E-state index in [4.69, 9.17) is 0 Å². The molecule has 1 amide bonds. The second-order valence-electron chi connectivity index (χ2n) is 5.89. The van der Waals surface area contributed by atoms with Gasteiger partial charge in [0.2, 0.25) is 5.91 Å². The van der Waals surface area contributed by atoms with Crippen LogP contribution in [0.5, 0.6) is 0 Å². The molecule has 2 aromatic rings. The largest absolute Gasteiger partial charge is 0.347 e. The van der Waals surface area contributed by atoms with E-state index in [-0.39, 0.29) is 11.9 Å².